The molecule has 2 aromatic carbocycles. The quantitative estimate of drug-likeness (QED) is 0.334. The molecule has 3 amide bonds. The Hall–Kier alpha value is -3.61. The van der Waals surface area contributed by atoms with Crippen LogP contribution in [0.25, 0.3) is 0 Å². The van der Waals surface area contributed by atoms with Gasteiger partial charge in [0.2, 0.25) is 5.91 Å². The smallest absolute Gasteiger partial charge is 0.267 e. The minimum absolute atomic E-state index is 0.0119. The van der Waals surface area contributed by atoms with Crippen molar-refractivity contribution in [3.63, 3.8) is 0 Å². The molecule has 2 saturated heterocycles. The fourth-order valence-electron chi connectivity index (χ4n) is 5.13. The molecular formula is C29H36F2N4O6. The fourth-order valence-corrected chi connectivity index (χ4v) is 5.13. The number of amides is 3. The lowest BCUT2D eigenvalue weighted by molar-refractivity contribution is -0.147. The van der Waals surface area contributed by atoms with Crippen LogP contribution in [-0.2, 0) is 20.7 Å². The first kappa shape index (κ1) is 30.4. The zero-order chi connectivity index (χ0) is 29.6. The van der Waals surface area contributed by atoms with Gasteiger partial charge in [0.05, 0.1) is 25.8 Å². The Bertz CT molecular complexity index is 1230. The van der Waals surface area contributed by atoms with Gasteiger partial charge in [-0.05, 0) is 31.0 Å². The van der Waals surface area contributed by atoms with E-state index in [1.165, 1.54) is 18.2 Å². The van der Waals surface area contributed by atoms with Gasteiger partial charge < -0.3 is 30.5 Å². The number of benzene rings is 2. The number of alkyl halides is 2. The predicted octanol–water partition coefficient (Wildman–Crippen LogP) is 1.09. The third-order valence-corrected chi connectivity index (χ3v) is 7.49. The third-order valence-electron chi connectivity index (χ3n) is 7.49. The van der Waals surface area contributed by atoms with Gasteiger partial charge >= 0.3 is 0 Å². The summed E-state index contributed by atoms with van der Waals surface area (Å²) in [6.07, 6.45) is -2.78. The average Bonchev–Trinajstić information content (AvgIpc) is 3.29. The van der Waals surface area contributed by atoms with Crippen molar-refractivity contribution < 1.29 is 38.1 Å². The molecule has 4 rings (SSSR count). The minimum atomic E-state index is -3.32. The second kappa shape index (κ2) is 13.4. The van der Waals surface area contributed by atoms with Crippen LogP contribution in [0.1, 0.15) is 27.9 Å². The highest BCUT2D eigenvalue weighted by Crippen LogP contribution is 2.33. The summed E-state index contributed by atoms with van der Waals surface area (Å²) in [4.78, 5) is 42.4. The molecule has 0 unspecified atom stereocenters. The zero-order valence-electron chi connectivity index (χ0n) is 22.9. The van der Waals surface area contributed by atoms with E-state index in [0.29, 0.717) is 48.9 Å². The first-order valence-corrected chi connectivity index (χ1v) is 13.6. The molecule has 222 valence electrons. The number of nitrogens with one attached hydrogen (secondary N) is 2. The van der Waals surface area contributed by atoms with Crippen molar-refractivity contribution in [2.45, 2.75) is 43.9 Å². The van der Waals surface area contributed by atoms with E-state index in [1.807, 2.05) is 0 Å². The van der Waals surface area contributed by atoms with Crippen molar-refractivity contribution in [1.29, 1.82) is 0 Å². The minimum Gasteiger partial charge on any atom is -0.508 e. The third kappa shape index (κ3) is 7.78. The first-order chi connectivity index (χ1) is 19.6. The van der Waals surface area contributed by atoms with Crippen molar-refractivity contribution in [2.75, 3.05) is 45.9 Å². The number of phenolic OH excluding ortho intramolecular Hbond substituents is 1. The van der Waals surface area contributed by atoms with E-state index in [4.69, 9.17) is 4.74 Å². The second-order valence-electron chi connectivity index (χ2n) is 10.5. The molecule has 0 spiro atoms. The summed E-state index contributed by atoms with van der Waals surface area (Å²) < 4.78 is 34.4. The average molecular weight is 575 g/mol. The molecule has 2 aliphatic rings. The van der Waals surface area contributed by atoms with Crippen molar-refractivity contribution in [2.24, 2.45) is 0 Å². The molecule has 0 radical (unpaired) electrons. The van der Waals surface area contributed by atoms with Gasteiger partial charge in [0.25, 0.3) is 17.7 Å². The Labute approximate surface area is 237 Å². The molecule has 0 bridgehead atoms. The number of hydrogen-bond acceptors (Lipinski definition) is 7. The number of phenols is 1. The SMILES string of the molecule is Cc1c(O)cccc1C(=O)N[C@@H](Cc1ccccc1)[C@H](O)C(=O)N1CC(F)(F)C[C@H]1C(=O)NCCN1CCOCC1. The molecule has 2 aliphatic heterocycles. The fraction of sp³-hybridized carbons (Fsp3) is 0.483. The maximum absolute atomic E-state index is 14.5. The van der Waals surface area contributed by atoms with E-state index < -0.39 is 54.8 Å². The molecule has 12 heteroatoms. The molecule has 0 aliphatic carbocycles. The highest BCUT2D eigenvalue weighted by atomic mass is 19.3. The normalized spacial score (nSPS) is 20.3. The molecule has 41 heavy (non-hydrogen) atoms. The molecule has 10 nitrogen and oxygen atoms in total. The summed E-state index contributed by atoms with van der Waals surface area (Å²) >= 11 is 0. The number of carbonyl (C=O) groups is 3. The van der Waals surface area contributed by atoms with Crippen LogP contribution in [0, 0.1) is 6.92 Å². The van der Waals surface area contributed by atoms with E-state index in [9.17, 15) is 33.4 Å². The first-order valence-electron chi connectivity index (χ1n) is 13.6. The molecule has 2 fully saturated rings. The number of rotatable bonds is 10. The van der Waals surface area contributed by atoms with Crippen LogP contribution >= 0.6 is 0 Å². The summed E-state index contributed by atoms with van der Waals surface area (Å²) in [7, 11) is 0. The van der Waals surface area contributed by atoms with Gasteiger partial charge in [-0.2, -0.15) is 0 Å². The van der Waals surface area contributed by atoms with Crippen LogP contribution < -0.4 is 10.6 Å². The van der Waals surface area contributed by atoms with Gasteiger partial charge in [0.1, 0.15) is 11.8 Å². The summed E-state index contributed by atoms with van der Waals surface area (Å²) in [6.45, 7) is 3.80. The zero-order valence-corrected chi connectivity index (χ0v) is 22.9. The molecular weight excluding hydrogens is 538 g/mol. The van der Waals surface area contributed by atoms with Crippen LogP contribution in [0.15, 0.2) is 48.5 Å². The summed E-state index contributed by atoms with van der Waals surface area (Å²) in [5.41, 5.74) is 1.12. The number of morpholine rings is 1. The van der Waals surface area contributed by atoms with Crippen LogP contribution in [0.2, 0.25) is 0 Å². The Morgan fingerprint density at radius 1 is 1.10 bits per heavy atom. The van der Waals surface area contributed by atoms with Crippen molar-refractivity contribution in [3.8, 4) is 5.75 Å². The van der Waals surface area contributed by atoms with Crippen LogP contribution in [-0.4, -0.2) is 108 Å². The van der Waals surface area contributed by atoms with Gasteiger partial charge in [-0.1, -0.05) is 36.4 Å². The molecule has 0 saturated carbocycles. The van der Waals surface area contributed by atoms with E-state index in [-0.39, 0.29) is 24.3 Å². The van der Waals surface area contributed by atoms with Crippen molar-refractivity contribution in [1.82, 2.24) is 20.4 Å². The van der Waals surface area contributed by atoms with E-state index in [0.717, 1.165) is 0 Å². The highest BCUT2D eigenvalue weighted by Gasteiger charge is 2.51. The van der Waals surface area contributed by atoms with Gasteiger partial charge in [-0.15, -0.1) is 0 Å². The Kier molecular flexibility index (Phi) is 9.90. The lowest BCUT2D eigenvalue weighted by Crippen LogP contribution is -2.56. The standard InChI is InChI=1S/C29H36F2N4O6/c1-19-21(8-5-9-24(19)36)26(38)33-22(16-20-6-3-2-4-7-20)25(37)28(40)35-18-29(30,31)17-23(35)27(39)32-10-11-34-12-14-41-15-13-34/h2-9,22-23,25,36-37H,10-18H2,1H3,(H,32,39)(H,33,38)/t22-,23-,25-/m0/s1. The summed E-state index contributed by atoms with van der Waals surface area (Å²) in [5, 5.41) is 26.5. The van der Waals surface area contributed by atoms with E-state index in [1.54, 1.807) is 37.3 Å². The number of carbonyl (C=O) groups excluding carboxylic acids is 3. The largest absolute Gasteiger partial charge is 0.508 e. The number of aliphatic hydroxyl groups is 1. The van der Waals surface area contributed by atoms with Crippen molar-refractivity contribution in [3.05, 3.63) is 65.2 Å². The highest BCUT2D eigenvalue weighted by molar-refractivity contribution is 5.97. The van der Waals surface area contributed by atoms with Gasteiger partial charge in [0.15, 0.2) is 6.10 Å². The maximum Gasteiger partial charge on any atom is 0.267 e. The maximum atomic E-state index is 14.5. The number of nitrogens with zero attached hydrogens (tertiary/aromatic N) is 2. The number of aliphatic hydroxyl groups excluding tert-OH is 1. The number of halogens is 2. The van der Waals surface area contributed by atoms with Crippen molar-refractivity contribution >= 4 is 17.7 Å². The molecule has 4 N–H and O–H groups in total. The molecule has 0 aromatic heterocycles. The Balaban J connectivity index is 1.49. The number of hydrogen-bond donors (Lipinski definition) is 4. The van der Waals surface area contributed by atoms with Crippen LogP contribution in [0.3, 0.4) is 0 Å². The number of likely N-dealkylation sites (tertiary alicyclic amines) is 1. The number of aromatic hydroxyl groups is 1. The summed E-state index contributed by atoms with van der Waals surface area (Å²) in [5.74, 6) is -5.89. The van der Waals surface area contributed by atoms with Gasteiger partial charge in [0, 0.05) is 43.7 Å². The predicted molar refractivity (Wildman–Crippen MR) is 146 cm³/mol. The summed E-state index contributed by atoms with van der Waals surface area (Å²) in [6, 6.07) is 10.5. The van der Waals surface area contributed by atoms with Gasteiger partial charge in [-0.3, -0.25) is 19.3 Å². The molecule has 3 atom stereocenters. The molecule has 2 aromatic rings. The Morgan fingerprint density at radius 3 is 2.51 bits per heavy atom. The Morgan fingerprint density at radius 2 is 1.80 bits per heavy atom. The topological polar surface area (TPSA) is 131 Å². The van der Waals surface area contributed by atoms with Crippen LogP contribution in [0.4, 0.5) is 8.78 Å². The van der Waals surface area contributed by atoms with E-state index in [2.05, 4.69) is 15.5 Å². The second-order valence-corrected chi connectivity index (χ2v) is 10.5. The molecule has 2 heterocycles. The van der Waals surface area contributed by atoms with E-state index >= 15 is 0 Å². The van der Waals surface area contributed by atoms with Gasteiger partial charge in [-0.25, -0.2) is 8.78 Å². The lowest BCUT2D eigenvalue weighted by Gasteiger charge is -2.30. The monoisotopic (exact) mass is 574 g/mol. The number of ether oxygens (including phenoxy) is 1. The lowest BCUT2D eigenvalue weighted by atomic mass is 9.98. The van der Waals surface area contributed by atoms with Crippen LogP contribution in [0.5, 0.6) is 5.75 Å².